The predicted octanol–water partition coefficient (Wildman–Crippen LogP) is 4.94. The molecule has 1 aromatic carbocycles. The van der Waals surface area contributed by atoms with Gasteiger partial charge in [0.15, 0.2) is 0 Å². The first kappa shape index (κ1) is 16.4. The van der Waals surface area contributed by atoms with Crippen molar-refractivity contribution < 1.29 is 4.74 Å². The molecule has 0 spiro atoms. The minimum Gasteiger partial charge on any atom is -0.496 e. The van der Waals surface area contributed by atoms with Crippen molar-refractivity contribution in [3.63, 3.8) is 0 Å². The highest BCUT2D eigenvalue weighted by Gasteiger charge is 2.53. The zero-order valence-electron chi connectivity index (χ0n) is 15.7. The van der Waals surface area contributed by atoms with Crippen LogP contribution < -0.4 is 4.74 Å². The quantitative estimate of drug-likeness (QED) is 0.759. The second-order valence-corrected chi connectivity index (χ2v) is 8.39. The molecule has 1 aromatic rings. The molecule has 0 radical (unpaired) electrons. The SMILES string of the molecule is CCCCC12CCN(C3CCC3)C(Cc3cccc(OC)c31)C2C. The first-order valence-corrected chi connectivity index (χ1v) is 10.1. The lowest BCUT2D eigenvalue weighted by Crippen LogP contribution is -2.62. The number of hydrogen-bond donors (Lipinski definition) is 0. The highest BCUT2D eigenvalue weighted by Crippen LogP contribution is 2.55. The number of piperidine rings is 1. The molecule has 2 aliphatic carbocycles. The molecule has 3 aliphatic rings. The first-order valence-electron chi connectivity index (χ1n) is 10.1. The molecule has 1 aliphatic heterocycles. The number of methoxy groups -OCH3 is 1. The van der Waals surface area contributed by atoms with Crippen molar-refractivity contribution in [2.24, 2.45) is 5.92 Å². The minimum absolute atomic E-state index is 0.334. The number of rotatable bonds is 5. The third kappa shape index (κ3) is 2.33. The lowest BCUT2D eigenvalue weighted by molar-refractivity contribution is -0.0308. The molecule has 3 unspecified atom stereocenters. The number of fused-ring (bicyclic) bond motifs is 4. The van der Waals surface area contributed by atoms with Crippen LogP contribution in [0.15, 0.2) is 18.2 Å². The van der Waals surface area contributed by atoms with E-state index in [1.165, 1.54) is 57.9 Å². The highest BCUT2D eigenvalue weighted by atomic mass is 16.5. The Bertz CT molecular complexity index is 594. The summed E-state index contributed by atoms with van der Waals surface area (Å²) >= 11 is 0. The molecule has 0 N–H and O–H groups in total. The second-order valence-electron chi connectivity index (χ2n) is 8.39. The topological polar surface area (TPSA) is 12.5 Å². The van der Waals surface area contributed by atoms with E-state index in [0.29, 0.717) is 5.41 Å². The van der Waals surface area contributed by atoms with Crippen LogP contribution in [0.1, 0.15) is 69.9 Å². The summed E-state index contributed by atoms with van der Waals surface area (Å²) in [5, 5.41) is 0. The van der Waals surface area contributed by atoms with E-state index < -0.39 is 0 Å². The van der Waals surface area contributed by atoms with Gasteiger partial charge in [0.2, 0.25) is 0 Å². The summed E-state index contributed by atoms with van der Waals surface area (Å²) in [6.45, 7) is 6.16. The molecule has 2 nitrogen and oxygen atoms in total. The van der Waals surface area contributed by atoms with Gasteiger partial charge in [-0.05, 0) is 56.2 Å². The summed E-state index contributed by atoms with van der Waals surface area (Å²) in [6, 6.07) is 8.37. The molecule has 2 heteroatoms. The summed E-state index contributed by atoms with van der Waals surface area (Å²) in [7, 11) is 1.85. The molecule has 3 atom stereocenters. The van der Waals surface area contributed by atoms with Gasteiger partial charge in [-0.3, -0.25) is 4.90 Å². The van der Waals surface area contributed by atoms with Gasteiger partial charge in [-0.15, -0.1) is 0 Å². The Balaban J connectivity index is 1.78. The van der Waals surface area contributed by atoms with Crippen molar-refractivity contribution in [1.82, 2.24) is 4.90 Å². The van der Waals surface area contributed by atoms with E-state index in [1.54, 1.807) is 11.1 Å². The van der Waals surface area contributed by atoms with Crippen LogP contribution in [0.25, 0.3) is 0 Å². The third-order valence-corrected chi connectivity index (χ3v) is 7.47. The van der Waals surface area contributed by atoms with E-state index >= 15 is 0 Å². The van der Waals surface area contributed by atoms with E-state index in [2.05, 4.69) is 36.9 Å². The van der Waals surface area contributed by atoms with E-state index in [9.17, 15) is 0 Å². The normalized spacial score (nSPS) is 33.0. The Morgan fingerprint density at radius 3 is 2.79 bits per heavy atom. The zero-order chi connectivity index (χ0) is 16.7. The van der Waals surface area contributed by atoms with Crippen LogP contribution in [0.4, 0.5) is 0 Å². The average Bonchev–Trinajstić information content (AvgIpc) is 2.55. The summed E-state index contributed by atoms with van der Waals surface area (Å²) in [5.74, 6) is 1.88. The fourth-order valence-electron chi connectivity index (χ4n) is 5.87. The number of nitrogens with zero attached hydrogens (tertiary/aromatic N) is 1. The Kier molecular flexibility index (Phi) is 4.36. The van der Waals surface area contributed by atoms with Crippen molar-refractivity contribution in [3.8, 4) is 5.75 Å². The fourth-order valence-corrected chi connectivity index (χ4v) is 5.87. The highest BCUT2D eigenvalue weighted by molar-refractivity contribution is 5.49. The lowest BCUT2D eigenvalue weighted by Gasteiger charge is -2.59. The van der Waals surface area contributed by atoms with Crippen molar-refractivity contribution in [2.75, 3.05) is 13.7 Å². The van der Waals surface area contributed by atoms with Crippen LogP contribution >= 0.6 is 0 Å². The van der Waals surface area contributed by atoms with Gasteiger partial charge in [0, 0.05) is 23.1 Å². The maximum Gasteiger partial charge on any atom is 0.122 e. The minimum atomic E-state index is 0.334. The Morgan fingerprint density at radius 1 is 1.29 bits per heavy atom. The summed E-state index contributed by atoms with van der Waals surface area (Å²) in [5.41, 5.74) is 3.47. The first-order chi connectivity index (χ1) is 11.7. The molecule has 24 heavy (non-hydrogen) atoms. The number of unbranched alkanes of at least 4 members (excludes halogenated alkanes) is 1. The Labute approximate surface area is 147 Å². The molecule has 0 aromatic heterocycles. The standard InChI is InChI=1S/C22H33NO/c1-4-5-12-22-13-14-23(18-9-7-10-18)19(16(22)2)15-17-8-6-11-20(24-3)21(17)22/h6,8,11,16,18-19H,4-5,7,9-10,12-15H2,1-3H3. The third-order valence-electron chi connectivity index (χ3n) is 7.47. The van der Waals surface area contributed by atoms with Gasteiger partial charge in [-0.25, -0.2) is 0 Å². The van der Waals surface area contributed by atoms with Crippen molar-refractivity contribution in [1.29, 1.82) is 0 Å². The van der Waals surface area contributed by atoms with Crippen molar-refractivity contribution in [2.45, 2.75) is 82.7 Å². The number of likely N-dealkylation sites (tertiary alicyclic amines) is 1. The molecular formula is C22H33NO. The van der Waals surface area contributed by atoms with Gasteiger partial charge in [0.05, 0.1) is 7.11 Å². The summed E-state index contributed by atoms with van der Waals surface area (Å²) in [4.78, 5) is 2.89. The predicted molar refractivity (Wildman–Crippen MR) is 99.8 cm³/mol. The smallest absolute Gasteiger partial charge is 0.122 e. The molecule has 132 valence electrons. The summed E-state index contributed by atoms with van der Waals surface area (Å²) in [6.07, 6.45) is 10.8. The molecule has 2 fully saturated rings. The van der Waals surface area contributed by atoms with E-state index in [1.807, 2.05) is 7.11 Å². The Morgan fingerprint density at radius 2 is 2.12 bits per heavy atom. The van der Waals surface area contributed by atoms with Crippen LogP contribution in [0.5, 0.6) is 5.75 Å². The number of ether oxygens (including phenoxy) is 1. The van der Waals surface area contributed by atoms with Crippen molar-refractivity contribution >= 4 is 0 Å². The van der Waals surface area contributed by atoms with Gasteiger partial charge in [0.1, 0.15) is 5.75 Å². The average molecular weight is 328 g/mol. The second kappa shape index (κ2) is 6.37. The van der Waals surface area contributed by atoms with E-state index in [-0.39, 0.29) is 0 Å². The van der Waals surface area contributed by atoms with Gasteiger partial charge >= 0.3 is 0 Å². The van der Waals surface area contributed by atoms with E-state index in [0.717, 1.165) is 23.8 Å². The maximum atomic E-state index is 5.85. The number of hydrogen-bond acceptors (Lipinski definition) is 2. The largest absolute Gasteiger partial charge is 0.496 e. The van der Waals surface area contributed by atoms with Crippen LogP contribution in [0, 0.1) is 5.92 Å². The van der Waals surface area contributed by atoms with Crippen LogP contribution in [0.2, 0.25) is 0 Å². The van der Waals surface area contributed by atoms with Crippen LogP contribution in [-0.4, -0.2) is 30.6 Å². The van der Waals surface area contributed by atoms with Crippen molar-refractivity contribution in [3.05, 3.63) is 29.3 Å². The number of benzene rings is 1. The molecular weight excluding hydrogens is 294 g/mol. The van der Waals surface area contributed by atoms with E-state index in [4.69, 9.17) is 4.74 Å². The van der Waals surface area contributed by atoms with Crippen LogP contribution in [0.3, 0.4) is 0 Å². The van der Waals surface area contributed by atoms with Crippen LogP contribution in [-0.2, 0) is 11.8 Å². The summed E-state index contributed by atoms with van der Waals surface area (Å²) < 4.78 is 5.85. The molecule has 1 saturated carbocycles. The molecule has 2 bridgehead atoms. The van der Waals surface area contributed by atoms with Gasteiger partial charge in [0.25, 0.3) is 0 Å². The maximum absolute atomic E-state index is 5.85. The molecule has 1 heterocycles. The van der Waals surface area contributed by atoms with Gasteiger partial charge in [-0.2, -0.15) is 0 Å². The molecule has 1 saturated heterocycles. The fraction of sp³-hybridized carbons (Fsp3) is 0.727. The molecule has 0 amide bonds. The molecule has 4 rings (SSSR count). The zero-order valence-corrected chi connectivity index (χ0v) is 15.7. The van der Waals surface area contributed by atoms with Gasteiger partial charge in [-0.1, -0.05) is 45.2 Å². The van der Waals surface area contributed by atoms with Gasteiger partial charge < -0.3 is 4.74 Å². The Hall–Kier alpha value is -1.02. The monoisotopic (exact) mass is 327 g/mol. The lowest BCUT2D eigenvalue weighted by atomic mass is 9.55.